The largest absolute Gasteiger partial charge is 0.381 e. The zero-order valence-corrected chi connectivity index (χ0v) is 10.7. The summed E-state index contributed by atoms with van der Waals surface area (Å²) in [4.78, 5) is 11.8. The van der Waals surface area contributed by atoms with Crippen LogP contribution in [0.3, 0.4) is 0 Å². The van der Waals surface area contributed by atoms with E-state index in [9.17, 15) is 4.79 Å². The van der Waals surface area contributed by atoms with E-state index in [0.29, 0.717) is 18.4 Å². The molecule has 0 aliphatic carbocycles. The number of likely N-dealkylation sites (N-methyl/N-ethyl adjacent to an activating group) is 1. The number of hydrogen-bond acceptors (Lipinski definition) is 3. The fraction of sp³-hybridized carbons (Fsp3) is 0.923. The van der Waals surface area contributed by atoms with Gasteiger partial charge in [0, 0.05) is 19.8 Å². The fourth-order valence-electron chi connectivity index (χ4n) is 3.01. The van der Waals surface area contributed by atoms with Crippen molar-refractivity contribution in [3.05, 3.63) is 0 Å². The first-order chi connectivity index (χ1) is 8.31. The molecular weight excluding hydrogens is 216 g/mol. The summed E-state index contributed by atoms with van der Waals surface area (Å²) >= 11 is 0. The highest BCUT2D eigenvalue weighted by atomic mass is 16.5. The van der Waals surface area contributed by atoms with Gasteiger partial charge in [0.1, 0.15) is 0 Å². The quantitative estimate of drug-likeness (QED) is 0.771. The molecular formula is C13H24N2O2. The molecule has 98 valence electrons. The number of amides is 1. The molecule has 3 atom stereocenters. The lowest BCUT2D eigenvalue weighted by Crippen LogP contribution is -2.50. The highest BCUT2D eigenvalue weighted by Gasteiger charge is 2.32. The Balaban J connectivity index is 1.85. The summed E-state index contributed by atoms with van der Waals surface area (Å²) in [6.45, 7) is 5.46. The first-order valence-electron chi connectivity index (χ1n) is 6.90. The van der Waals surface area contributed by atoms with Gasteiger partial charge in [-0.25, -0.2) is 0 Å². The van der Waals surface area contributed by atoms with Crippen LogP contribution in [0.4, 0.5) is 0 Å². The summed E-state index contributed by atoms with van der Waals surface area (Å²) in [5, 5.41) is 6.23. The van der Waals surface area contributed by atoms with Crippen LogP contribution >= 0.6 is 0 Å². The van der Waals surface area contributed by atoms with Crippen LogP contribution < -0.4 is 10.6 Å². The van der Waals surface area contributed by atoms with Gasteiger partial charge in [0.05, 0.1) is 6.04 Å². The minimum atomic E-state index is 0.00984. The summed E-state index contributed by atoms with van der Waals surface area (Å²) in [5.74, 6) is 1.49. The second-order valence-electron chi connectivity index (χ2n) is 5.16. The molecule has 0 aromatic rings. The zero-order chi connectivity index (χ0) is 12.1. The SMILES string of the molecule is CCNC(=O)C1CC(C2CCCOC2)CCN1. The topological polar surface area (TPSA) is 50.4 Å². The van der Waals surface area contributed by atoms with Crippen molar-refractivity contribution in [2.45, 2.75) is 38.6 Å². The van der Waals surface area contributed by atoms with Gasteiger partial charge in [-0.3, -0.25) is 4.79 Å². The molecule has 17 heavy (non-hydrogen) atoms. The number of rotatable bonds is 3. The van der Waals surface area contributed by atoms with Crippen molar-refractivity contribution in [2.24, 2.45) is 11.8 Å². The van der Waals surface area contributed by atoms with Crippen LogP contribution in [0.1, 0.15) is 32.6 Å². The summed E-state index contributed by atoms with van der Waals surface area (Å²) in [7, 11) is 0. The molecule has 2 aliphatic rings. The Bertz CT molecular complexity index is 252. The maximum absolute atomic E-state index is 11.8. The lowest BCUT2D eigenvalue weighted by molar-refractivity contribution is -0.124. The van der Waals surface area contributed by atoms with Crippen LogP contribution in [0.25, 0.3) is 0 Å². The van der Waals surface area contributed by atoms with Crippen molar-refractivity contribution in [1.29, 1.82) is 0 Å². The van der Waals surface area contributed by atoms with E-state index < -0.39 is 0 Å². The van der Waals surface area contributed by atoms with Crippen LogP contribution in [0.5, 0.6) is 0 Å². The van der Waals surface area contributed by atoms with Gasteiger partial charge in [0.15, 0.2) is 0 Å². The zero-order valence-electron chi connectivity index (χ0n) is 10.7. The van der Waals surface area contributed by atoms with E-state index in [0.717, 1.165) is 26.2 Å². The van der Waals surface area contributed by atoms with E-state index in [1.165, 1.54) is 19.3 Å². The molecule has 2 N–H and O–H groups in total. The van der Waals surface area contributed by atoms with Gasteiger partial charge in [0.2, 0.25) is 5.91 Å². The Morgan fingerprint density at radius 2 is 2.29 bits per heavy atom. The number of ether oxygens (including phenoxy) is 1. The second-order valence-corrected chi connectivity index (χ2v) is 5.16. The predicted octanol–water partition coefficient (Wildman–Crippen LogP) is 0.917. The summed E-state index contributed by atoms with van der Waals surface area (Å²) in [5.41, 5.74) is 0. The van der Waals surface area contributed by atoms with Crippen LogP contribution in [0.15, 0.2) is 0 Å². The highest BCUT2D eigenvalue weighted by molar-refractivity contribution is 5.81. The van der Waals surface area contributed by atoms with Gasteiger partial charge in [-0.05, 0) is 51.0 Å². The Morgan fingerprint density at radius 1 is 1.41 bits per heavy atom. The third-order valence-electron chi connectivity index (χ3n) is 3.97. The molecule has 3 unspecified atom stereocenters. The molecule has 2 aliphatic heterocycles. The maximum atomic E-state index is 11.8. The summed E-state index contributed by atoms with van der Waals surface area (Å²) < 4.78 is 5.56. The van der Waals surface area contributed by atoms with Crippen molar-refractivity contribution in [3.8, 4) is 0 Å². The van der Waals surface area contributed by atoms with Crippen molar-refractivity contribution >= 4 is 5.91 Å². The molecule has 2 fully saturated rings. The molecule has 2 heterocycles. The molecule has 1 amide bonds. The number of piperidine rings is 1. The molecule has 0 spiro atoms. The smallest absolute Gasteiger partial charge is 0.237 e. The third-order valence-corrected chi connectivity index (χ3v) is 3.97. The van der Waals surface area contributed by atoms with Gasteiger partial charge in [-0.2, -0.15) is 0 Å². The normalized spacial score (nSPS) is 34.3. The van der Waals surface area contributed by atoms with Crippen LogP contribution in [-0.2, 0) is 9.53 Å². The standard InChI is InChI=1S/C13H24N2O2/c1-2-14-13(16)12-8-10(5-6-15-12)11-4-3-7-17-9-11/h10-12,15H,2-9H2,1H3,(H,14,16). The minimum Gasteiger partial charge on any atom is -0.381 e. The lowest BCUT2D eigenvalue weighted by atomic mass is 9.79. The van der Waals surface area contributed by atoms with E-state index in [4.69, 9.17) is 4.74 Å². The van der Waals surface area contributed by atoms with Gasteiger partial charge >= 0.3 is 0 Å². The van der Waals surface area contributed by atoms with E-state index in [2.05, 4.69) is 10.6 Å². The first-order valence-corrected chi connectivity index (χ1v) is 6.90. The Kier molecular flexibility index (Phi) is 4.80. The number of carbonyl (C=O) groups excluding carboxylic acids is 1. The maximum Gasteiger partial charge on any atom is 0.237 e. The van der Waals surface area contributed by atoms with Gasteiger partial charge in [-0.1, -0.05) is 0 Å². The molecule has 4 nitrogen and oxygen atoms in total. The van der Waals surface area contributed by atoms with Crippen LogP contribution in [0.2, 0.25) is 0 Å². The Hall–Kier alpha value is -0.610. The fourth-order valence-corrected chi connectivity index (χ4v) is 3.01. The molecule has 0 aromatic carbocycles. The van der Waals surface area contributed by atoms with Crippen molar-refractivity contribution in [1.82, 2.24) is 10.6 Å². The average molecular weight is 240 g/mol. The van der Waals surface area contributed by atoms with Crippen molar-refractivity contribution in [3.63, 3.8) is 0 Å². The van der Waals surface area contributed by atoms with E-state index >= 15 is 0 Å². The third kappa shape index (κ3) is 3.42. The molecule has 0 bridgehead atoms. The molecule has 4 heteroatoms. The molecule has 2 rings (SSSR count). The molecule has 0 saturated carbocycles. The van der Waals surface area contributed by atoms with Crippen LogP contribution in [0, 0.1) is 11.8 Å². The molecule has 0 radical (unpaired) electrons. The Labute approximate surface area is 103 Å². The van der Waals surface area contributed by atoms with E-state index in [-0.39, 0.29) is 11.9 Å². The summed E-state index contributed by atoms with van der Waals surface area (Å²) in [6, 6.07) is 0.00984. The predicted molar refractivity (Wildman–Crippen MR) is 66.7 cm³/mol. The number of nitrogens with one attached hydrogen (secondary N) is 2. The average Bonchev–Trinajstić information content (AvgIpc) is 2.40. The van der Waals surface area contributed by atoms with E-state index in [1.807, 2.05) is 6.92 Å². The molecule has 0 aromatic heterocycles. The highest BCUT2D eigenvalue weighted by Crippen LogP contribution is 2.30. The summed E-state index contributed by atoms with van der Waals surface area (Å²) in [6.07, 6.45) is 4.61. The number of carbonyl (C=O) groups is 1. The lowest BCUT2D eigenvalue weighted by Gasteiger charge is -2.36. The minimum absolute atomic E-state index is 0.00984. The Morgan fingerprint density at radius 3 is 3.00 bits per heavy atom. The first kappa shape index (κ1) is 12.8. The second kappa shape index (κ2) is 6.36. The van der Waals surface area contributed by atoms with Gasteiger partial charge in [0.25, 0.3) is 0 Å². The van der Waals surface area contributed by atoms with Crippen LogP contribution in [-0.4, -0.2) is 38.3 Å². The van der Waals surface area contributed by atoms with E-state index in [1.54, 1.807) is 0 Å². The van der Waals surface area contributed by atoms with Crippen molar-refractivity contribution < 1.29 is 9.53 Å². The number of hydrogen-bond donors (Lipinski definition) is 2. The molecule has 2 saturated heterocycles. The van der Waals surface area contributed by atoms with Gasteiger partial charge < -0.3 is 15.4 Å². The monoisotopic (exact) mass is 240 g/mol. The van der Waals surface area contributed by atoms with Gasteiger partial charge in [-0.15, -0.1) is 0 Å². The van der Waals surface area contributed by atoms with Crippen molar-refractivity contribution in [2.75, 3.05) is 26.3 Å².